The van der Waals surface area contributed by atoms with Gasteiger partial charge in [0.05, 0.1) is 8.07 Å². The molecule has 0 saturated heterocycles. The third kappa shape index (κ3) is 3.09. The summed E-state index contributed by atoms with van der Waals surface area (Å²) in [7, 11) is -2.35. The lowest BCUT2D eigenvalue weighted by Crippen LogP contribution is -2.44. The topological polar surface area (TPSA) is 0 Å². The lowest BCUT2D eigenvalue weighted by atomic mass is 9.95. The molecule has 0 aromatic carbocycles. The first-order chi connectivity index (χ1) is 12.0. The molecular weight excluding hydrogens is 385 g/mol. The van der Waals surface area contributed by atoms with Crippen molar-refractivity contribution >= 4 is 39.7 Å². The van der Waals surface area contributed by atoms with Gasteiger partial charge in [-0.25, -0.2) is 0 Å². The second-order valence-corrected chi connectivity index (χ2v) is 24.8. The summed E-state index contributed by atoms with van der Waals surface area (Å²) >= 11 is 4.51. The van der Waals surface area contributed by atoms with Gasteiger partial charge in [-0.2, -0.15) is 0 Å². The van der Waals surface area contributed by atoms with E-state index in [2.05, 4.69) is 89.2 Å². The van der Waals surface area contributed by atoms with Gasteiger partial charge in [0.1, 0.15) is 0 Å². The van der Waals surface area contributed by atoms with Crippen molar-refractivity contribution in [2.24, 2.45) is 17.8 Å². The summed E-state index contributed by atoms with van der Waals surface area (Å²) in [6.07, 6.45) is 8.40. The van der Waals surface area contributed by atoms with Gasteiger partial charge in [-0.1, -0.05) is 64.7 Å². The zero-order valence-corrected chi connectivity index (χ0v) is 21.6. The minimum absolute atomic E-state index is 0.832. The Morgan fingerprint density at radius 3 is 1.77 bits per heavy atom. The van der Waals surface area contributed by atoms with Gasteiger partial charge in [0.25, 0.3) is 0 Å². The molecule has 26 heavy (non-hydrogen) atoms. The fraction of sp³-hybridized carbons (Fsp3) is 0.818. The first kappa shape index (κ1) is 19.9. The first-order valence-electron chi connectivity index (χ1n) is 10.7. The Balaban J connectivity index is 1.62. The van der Waals surface area contributed by atoms with Gasteiger partial charge in [-0.05, 0) is 58.0 Å². The molecule has 0 bridgehead atoms. The van der Waals surface area contributed by atoms with E-state index in [-0.39, 0.29) is 0 Å². The van der Waals surface area contributed by atoms with E-state index in [9.17, 15) is 0 Å². The van der Waals surface area contributed by atoms with Gasteiger partial charge < -0.3 is 0 Å². The fourth-order valence-electron chi connectivity index (χ4n) is 7.05. The Kier molecular flexibility index (Phi) is 5.03. The predicted octanol–water partition coefficient (Wildman–Crippen LogP) is 7.86. The van der Waals surface area contributed by atoms with E-state index in [1.807, 2.05) is 0 Å². The van der Waals surface area contributed by atoms with Crippen LogP contribution in [0.5, 0.6) is 0 Å². The monoisotopic (exact) mass is 422 g/mol. The molecule has 4 rings (SSSR count). The molecule has 0 N–H and O–H groups in total. The Labute approximate surface area is 172 Å². The Bertz CT molecular complexity index is 613. The zero-order chi connectivity index (χ0) is 19.0. The molecule has 4 heteroatoms. The van der Waals surface area contributed by atoms with Crippen LogP contribution in [0, 0.1) is 17.8 Å². The average Bonchev–Trinajstić information content (AvgIpc) is 3.19. The summed E-state index contributed by atoms with van der Waals surface area (Å²) in [6, 6.07) is 0. The third-order valence-electron chi connectivity index (χ3n) is 8.31. The molecule has 146 valence electrons. The lowest BCUT2D eigenvalue weighted by molar-refractivity contribution is 0.581. The zero-order valence-electron chi connectivity index (χ0n) is 18.0. The molecule has 2 heterocycles. The third-order valence-corrected chi connectivity index (χ3v) is 19.6. The van der Waals surface area contributed by atoms with E-state index in [1.54, 1.807) is 16.2 Å². The molecule has 2 aliphatic heterocycles. The van der Waals surface area contributed by atoms with E-state index in [0.29, 0.717) is 0 Å². The minimum Gasteiger partial charge on any atom is -0.127 e. The van der Waals surface area contributed by atoms with Gasteiger partial charge in [-0.15, -0.1) is 23.5 Å². The van der Waals surface area contributed by atoms with Crippen molar-refractivity contribution in [3.8, 4) is 0 Å². The average molecular weight is 423 g/mol. The molecule has 2 saturated carbocycles. The second kappa shape index (κ2) is 6.57. The van der Waals surface area contributed by atoms with E-state index >= 15 is 0 Å². The number of hydrogen-bond donors (Lipinski definition) is 0. The summed E-state index contributed by atoms with van der Waals surface area (Å²) in [5.41, 5.74) is 3.11. The van der Waals surface area contributed by atoms with Crippen LogP contribution in [0.2, 0.25) is 49.4 Å². The van der Waals surface area contributed by atoms with Crippen LogP contribution in [-0.2, 0) is 0 Å². The first-order valence-corrected chi connectivity index (χ1v) is 19.2. The second-order valence-electron chi connectivity index (χ2n) is 11.3. The maximum absolute atomic E-state index is 2.80. The van der Waals surface area contributed by atoms with Crippen molar-refractivity contribution in [3.63, 3.8) is 0 Å². The van der Waals surface area contributed by atoms with Crippen molar-refractivity contribution in [1.29, 1.82) is 0 Å². The van der Waals surface area contributed by atoms with E-state index in [0.717, 1.165) is 44.9 Å². The van der Waals surface area contributed by atoms with E-state index in [1.165, 1.54) is 6.42 Å². The van der Waals surface area contributed by atoms with Crippen LogP contribution < -0.4 is 0 Å². The minimum atomic E-state index is -1.32. The molecule has 4 aliphatic rings. The van der Waals surface area contributed by atoms with Crippen LogP contribution >= 0.6 is 23.5 Å². The van der Waals surface area contributed by atoms with Crippen LogP contribution in [0.4, 0.5) is 0 Å². The Morgan fingerprint density at radius 2 is 1.35 bits per heavy atom. The van der Waals surface area contributed by atoms with Crippen LogP contribution in [0.15, 0.2) is 22.0 Å². The van der Waals surface area contributed by atoms with Crippen molar-refractivity contribution in [2.75, 3.05) is 0 Å². The number of rotatable bonds is 3. The SMILES string of the molecule is CC1=CC2C3C=C(C)SC3C([Si](C)(C)C3CC(C)C([Si](C)(C)C)C3)C2S1. The van der Waals surface area contributed by atoms with E-state index in [4.69, 9.17) is 0 Å². The summed E-state index contributed by atoms with van der Waals surface area (Å²) in [4.78, 5) is 3.21. The van der Waals surface area contributed by atoms with Crippen LogP contribution in [-0.4, -0.2) is 26.6 Å². The highest BCUT2D eigenvalue weighted by Crippen LogP contribution is 2.67. The van der Waals surface area contributed by atoms with Crippen LogP contribution in [0.25, 0.3) is 0 Å². The molecule has 0 amide bonds. The normalized spacial score (nSPS) is 45.5. The highest BCUT2D eigenvalue weighted by Gasteiger charge is 2.61. The maximum atomic E-state index is 2.80. The molecule has 0 aromatic rings. The molecular formula is C22H38S2Si2. The molecule has 0 radical (unpaired) electrons. The highest BCUT2D eigenvalue weighted by atomic mass is 32.2. The molecule has 0 aromatic heterocycles. The maximum Gasteiger partial charge on any atom is 0.0561 e. The van der Waals surface area contributed by atoms with Gasteiger partial charge in [0.15, 0.2) is 0 Å². The predicted molar refractivity (Wildman–Crippen MR) is 128 cm³/mol. The Hall–Kier alpha value is 0.614. The summed E-state index contributed by atoms with van der Waals surface area (Å²) in [5.74, 6) is 2.63. The van der Waals surface area contributed by atoms with Crippen LogP contribution in [0.1, 0.15) is 33.6 Å². The van der Waals surface area contributed by atoms with Crippen molar-refractivity contribution in [2.45, 2.75) is 93.5 Å². The summed E-state index contributed by atoms with van der Waals surface area (Å²) < 4.78 is 0. The van der Waals surface area contributed by atoms with Gasteiger partial charge in [0.2, 0.25) is 0 Å². The fourth-order valence-corrected chi connectivity index (χ4v) is 20.1. The standard InChI is InChI=1S/C22H38S2Si2/c1-13-9-16(12-19(13)25(4,5)6)26(7,8)22-20-17(10-14(2)23-20)18-11-15(3)24-21(18)22/h10-11,13,16-22H,9,12H2,1-8H3. The van der Waals surface area contributed by atoms with Crippen molar-refractivity contribution < 1.29 is 0 Å². The van der Waals surface area contributed by atoms with Crippen LogP contribution in [0.3, 0.4) is 0 Å². The van der Waals surface area contributed by atoms with E-state index < -0.39 is 16.1 Å². The largest absolute Gasteiger partial charge is 0.127 e. The molecule has 7 unspecified atom stereocenters. The molecule has 2 aliphatic carbocycles. The number of allylic oxidation sites excluding steroid dienone is 4. The van der Waals surface area contributed by atoms with Gasteiger partial charge in [0, 0.05) is 18.6 Å². The summed E-state index contributed by atoms with van der Waals surface area (Å²) in [6.45, 7) is 20.8. The number of thioether (sulfide) groups is 2. The quantitative estimate of drug-likeness (QED) is 0.424. The van der Waals surface area contributed by atoms with Gasteiger partial charge in [-0.3, -0.25) is 0 Å². The lowest BCUT2D eigenvalue weighted by Gasteiger charge is -2.42. The highest BCUT2D eigenvalue weighted by molar-refractivity contribution is 8.05. The molecule has 0 spiro atoms. The Morgan fingerprint density at radius 1 is 0.846 bits per heavy atom. The molecule has 2 fully saturated rings. The number of hydrogen-bond acceptors (Lipinski definition) is 2. The van der Waals surface area contributed by atoms with Crippen molar-refractivity contribution in [3.05, 3.63) is 22.0 Å². The number of fused-ring (bicyclic) bond motifs is 3. The summed E-state index contributed by atoms with van der Waals surface area (Å²) in [5, 5.41) is 1.79. The molecule has 0 nitrogen and oxygen atoms in total. The van der Waals surface area contributed by atoms with Gasteiger partial charge >= 0.3 is 0 Å². The smallest absolute Gasteiger partial charge is 0.0561 e. The van der Waals surface area contributed by atoms with Crippen molar-refractivity contribution in [1.82, 2.24) is 0 Å². The molecule has 7 atom stereocenters.